The summed E-state index contributed by atoms with van der Waals surface area (Å²) >= 11 is 1.53. The average Bonchev–Trinajstić information content (AvgIpc) is 2.80. The number of thiophene rings is 1. The van der Waals surface area contributed by atoms with Crippen LogP contribution in [0.5, 0.6) is 0 Å². The maximum absolute atomic E-state index is 8.95. The molecule has 5 heteroatoms. The van der Waals surface area contributed by atoms with Gasteiger partial charge in [0.15, 0.2) is 0 Å². The SMILES string of the molecule is Cn1cncc1C(=NO)c1cccs1. The second-order valence-electron chi connectivity index (χ2n) is 2.82. The summed E-state index contributed by atoms with van der Waals surface area (Å²) in [5, 5.41) is 14.2. The third-order valence-corrected chi connectivity index (χ3v) is 2.79. The molecule has 1 N–H and O–H groups in total. The third-order valence-electron chi connectivity index (χ3n) is 1.91. The van der Waals surface area contributed by atoms with E-state index in [0.29, 0.717) is 5.71 Å². The lowest BCUT2D eigenvalue weighted by molar-refractivity contribution is 0.319. The van der Waals surface area contributed by atoms with Gasteiger partial charge in [0.1, 0.15) is 5.71 Å². The zero-order valence-electron chi connectivity index (χ0n) is 7.58. The summed E-state index contributed by atoms with van der Waals surface area (Å²) in [7, 11) is 1.86. The van der Waals surface area contributed by atoms with Crippen molar-refractivity contribution < 1.29 is 5.21 Å². The molecule has 4 nitrogen and oxygen atoms in total. The minimum atomic E-state index is 0.556. The number of hydrogen-bond acceptors (Lipinski definition) is 4. The fourth-order valence-electron chi connectivity index (χ4n) is 1.23. The Kier molecular flexibility index (Phi) is 2.32. The van der Waals surface area contributed by atoms with E-state index in [1.54, 1.807) is 12.5 Å². The molecular formula is C9H9N3OS. The molecule has 0 fully saturated rings. The number of rotatable bonds is 2. The van der Waals surface area contributed by atoms with Crippen molar-refractivity contribution in [1.82, 2.24) is 9.55 Å². The zero-order chi connectivity index (χ0) is 9.97. The van der Waals surface area contributed by atoms with E-state index < -0.39 is 0 Å². The van der Waals surface area contributed by atoms with E-state index in [1.807, 2.05) is 29.1 Å². The van der Waals surface area contributed by atoms with E-state index in [4.69, 9.17) is 5.21 Å². The van der Waals surface area contributed by atoms with E-state index in [-0.39, 0.29) is 0 Å². The van der Waals surface area contributed by atoms with Crippen LogP contribution in [-0.4, -0.2) is 20.5 Å². The van der Waals surface area contributed by atoms with E-state index in [0.717, 1.165) is 10.6 Å². The first kappa shape index (κ1) is 8.96. The summed E-state index contributed by atoms with van der Waals surface area (Å²) in [6.07, 6.45) is 3.35. The Bertz CT molecular complexity index is 444. The number of imidazole rings is 1. The van der Waals surface area contributed by atoms with Crippen molar-refractivity contribution in [3.05, 3.63) is 40.6 Å². The summed E-state index contributed by atoms with van der Waals surface area (Å²) in [4.78, 5) is 4.90. The maximum atomic E-state index is 8.95. The van der Waals surface area contributed by atoms with Gasteiger partial charge in [0.2, 0.25) is 0 Å². The first-order valence-electron chi connectivity index (χ1n) is 4.05. The summed E-state index contributed by atoms with van der Waals surface area (Å²) in [5.41, 5.74) is 1.36. The fraction of sp³-hybridized carbons (Fsp3) is 0.111. The smallest absolute Gasteiger partial charge is 0.145 e. The second kappa shape index (κ2) is 3.63. The zero-order valence-corrected chi connectivity index (χ0v) is 8.40. The van der Waals surface area contributed by atoms with Crippen LogP contribution in [0.25, 0.3) is 0 Å². The molecule has 2 aromatic rings. The Morgan fingerprint density at radius 1 is 1.64 bits per heavy atom. The number of oxime groups is 1. The lowest BCUT2D eigenvalue weighted by Crippen LogP contribution is -2.06. The number of hydrogen-bond donors (Lipinski definition) is 1. The van der Waals surface area contributed by atoms with Crippen LogP contribution in [0.1, 0.15) is 10.6 Å². The highest BCUT2D eigenvalue weighted by molar-refractivity contribution is 7.12. The van der Waals surface area contributed by atoms with Crippen LogP contribution in [0.4, 0.5) is 0 Å². The van der Waals surface area contributed by atoms with Gasteiger partial charge in [-0.2, -0.15) is 0 Å². The molecule has 0 atom stereocenters. The Morgan fingerprint density at radius 2 is 2.50 bits per heavy atom. The molecule has 0 unspecified atom stereocenters. The Hall–Kier alpha value is -1.62. The molecule has 0 bridgehead atoms. The second-order valence-corrected chi connectivity index (χ2v) is 3.76. The van der Waals surface area contributed by atoms with Crippen LogP contribution in [0, 0.1) is 0 Å². The largest absolute Gasteiger partial charge is 0.410 e. The topological polar surface area (TPSA) is 50.4 Å². The molecule has 72 valence electrons. The quantitative estimate of drug-likeness (QED) is 0.463. The lowest BCUT2D eigenvalue weighted by atomic mass is 10.2. The van der Waals surface area contributed by atoms with Gasteiger partial charge in [-0.05, 0) is 11.4 Å². The van der Waals surface area contributed by atoms with Crippen LogP contribution in [0.15, 0.2) is 35.2 Å². The molecule has 0 aliphatic carbocycles. The van der Waals surface area contributed by atoms with E-state index >= 15 is 0 Å². The monoisotopic (exact) mass is 207 g/mol. The molecule has 0 saturated heterocycles. The van der Waals surface area contributed by atoms with E-state index in [1.165, 1.54) is 11.3 Å². The molecule has 2 heterocycles. The first-order chi connectivity index (χ1) is 6.83. The van der Waals surface area contributed by atoms with Gasteiger partial charge in [-0.3, -0.25) is 0 Å². The molecule has 0 aliphatic rings. The minimum absolute atomic E-state index is 0.556. The number of aryl methyl sites for hydroxylation is 1. The molecule has 0 spiro atoms. The predicted molar refractivity (Wildman–Crippen MR) is 55.0 cm³/mol. The summed E-state index contributed by atoms with van der Waals surface area (Å²) in [6.45, 7) is 0. The van der Waals surface area contributed by atoms with Gasteiger partial charge in [0.05, 0.1) is 23.1 Å². The van der Waals surface area contributed by atoms with Crippen LogP contribution in [0.3, 0.4) is 0 Å². The van der Waals surface area contributed by atoms with Crippen LogP contribution >= 0.6 is 11.3 Å². The van der Waals surface area contributed by atoms with Gasteiger partial charge in [-0.25, -0.2) is 4.98 Å². The Balaban J connectivity index is 2.47. The number of aromatic nitrogens is 2. The van der Waals surface area contributed by atoms with Gasteiger partial charge in [0, 0.05) is 7.05 Å². The molecule has 0 aromatic carbocycles. The van der Waals surface area contributed by atoms with Gasteiger partial charge in [0.25, 0.3) is 0 Å². The van der Waals surface area contributed by atoms with Crippen molar-refractivity contribution in [2.75, 3.05) is 0 Å². The minimum Gasteiger partial charge on any atom is -0.410 e. The fourth-order valence-corrected chi connectivity index (χ4v) is 1.94. The summed E-state index contributed by atoms with van der Waals surface area (Å²) in [6, 6.07) is 3.83. The van der Waals surface area contributed by atoms with Crippen molar-refractivity contribution in [3.8, 4) is 0 Å². The van der Waals surface area contributed by atoms with Crippen LogP contribution in [-0.2, 0) is 7.05 Å². The third kappa shape index (κ3) is 1.42. The van der Waals surface area contributed by atoms with Crippen molar-refractivity contribution in [3.63, 3.8) is 0 Å². The molecule has 0 radical (unpaired) electrons. The van der Waals surface area contributed by atoms with E-state index in [9.17, 15) is 0 Å². The van der Waals surface area contributed by atoms with Crippen molar-refractivity contribution in [1.29, 1.82) is 0 Å². The van der Waals surface area contributed by atoms with Crippen LogP contribution < -0.4 is 0 Å². The molecule has 0 saturated carbocycles. The normalized spacial score (nSPS) is 11.9. The molecule has 0 aliphatic heterocycles. The van der Waals surface area contributed by atoms with Gasteiger partial charge >= 0.3 is 0 Å². The molecule has 2 rings (SSSR count). The summed E-state index contributed by atoms with van der Waals surface area (Å²) in [5.74, 6) is 0. The lowest BCUT2D eigenvalue weighted by Gasteiger charge is -2.01. The molecule has 2 aromatic heterocycles. The number of nitrogens with zero attached hydrogens (tertiary/aromatic N) is 3. The Morgan fingerprint density at radius 3 is 3.00 bits per heavy atom. The maximum Gasteiger partial charge on any atom is 0.145 e. The molecule has 0 amide bonds. The van der Waals surface area contributed by atoms with Gasteiger partial charge in [-0.15, -0.1) is 11.3 Å². The molecule has 14 heavy (non-hydrogen) atoms. The molecular weight excluding hydrogens is 198 g/mol. The highest BCUT2D eigenvalue weighted by Crippen LogP contribution is 2.15. The van der Waals surface area contributed by atoms with Crippen molar-refractivity contribution in [2.24, 2.45) is 12.2 Å². The highest BCUT2D eigenvalue weighted by Gasteiger charge is 2.11. The average molecular weight is 207 g/mol. The van der Waals surface area contributed by atoms with E-state index in [2.05, 4.69) is 10.1 Å². The first-order valence-corrected chi connectivity index (χ1v) is 4.93. The predicted octanol–water partition coefficient (Wildman–Crippen LogP) is 1.71. The highest BCUT2D eigenvalue weighted by atomic mass is 32.1. The van der Waals surface area contributed by atoms with Gasteiger partial charge in [-0.1, -0.05) is 11.2 Å². The van der Waals surface area contributed by atoms with Gasteiger partial charge < -0.3 is 9.77 Å². The van der Waals surface area contributed by atoms with Crippen molar-refractivity contribution >= 4 is 17.0 Å². The summed E-state index contributed by atoms with van der Waals surface area (Å²) < 4.78 is 1.81. The van der Waals surface area contributed by atoms with Crippen LogP contribution in [0.2, 0.25) is 0 Å². The standard InChI is InChI=1S/C9H9N3OS/c1-12-6-10-5-7(12)9(11-13)8-3-2-4-14-8/h2-6,13H,1H3. The van der Waals surface area contributed by atoms with Crippen molar-refractivity contribution in [2.45, 2.75) is 0 Å². The Labute approximate surface area is 85.1 Å².